The second-order valence-electron chi connectivity index (χ2n) is 17.0. The summed E-state index contributed by atoms with van der Waals surface area (Å²) in [6, 6.07) is 1.98. The van der Waals surface area contributed by atoms with Gasteiger partial charge in [-0.05, 0) is 77.1 Å². The van der Waals surface area contributed by atoms with E-state index in [-0.39, 0.29) is 25.4 Å². The Morgan fingerprint density at radius 2 is 0.709 bits per heavy atom. The normalized spacial score (nSPS) is 12.2. The minimum Gasteiger partial charge on any atom is -0.447 e. The molecule has 10 nitrogen and oxygen atoms in total. The largest absolute Gasteiger partial charge is 0.447 e. The van der Waals surface area contributed by atoms with Gasteiger partial charge in [0.15, 0.2) is 16.6 Å². The molecule has 0 aromatic carbocycles. The molecule has 13 heteroatoms. The molecule has 0 atom stereocenters. The number of alkyl carbamates (subject to hydrolysis) is 2. The van der Waals surface area contributed by atoms with Gasteiger partial charge < -0.3 is 37.8 Å². The maximum Gasteiger partial charge on any atom is 0.407 e. The van der Waals surface area contributed by atoms with Crippen molar-refractivity contribution < 1.29 is 36.8 Å². The number of ether oxygens (including phenoxy) is 4. The van der Waals surface area contributed by atoms with Gasteiger partial charge in [-0.15, -0.1) is 0 Å². The summed E-state index contributed by atoms with van der Waals surface area (Å²) >= 11 is 0. The highest BCUT2D eigenvalue weighted by molar-refractivity contribution is 6.87. The molecule has 0 radical (unpaired) electrons. The lowest BCUT2D eigenvalue weighted by Gasteiger charge is -2.38. The summed E-state index contributed by atoms with van der Waals surface area (Å²) in [6.45, 7) is 21.8. The Bertz CT molecular complexity index is 831. The van der Waals surface area contributed by atoms with E-state index in [9.17, 15) is 9.59 Å². The van der Waals surface area contributed by atoms with Crippen LogP contribution in [-0.4, -0.2) is 90.1 Å². The van der Waals surface area contributed by atoms with Crippen LogP contribution in [0.4, 0.5) is 9.59 Å². The first-order valence-electron chi connectivity index (χ1n) is 22.7. The number of hydrogen-bond acceptors (Lipinski definition) is 8. The maximum absolute atomic E-state index is 11.9. The molecule has 0 saturated carbocycles. The Hall–Kier alpha value is -0.969. The van der Waals surface area contributed by atoms with Crippen LogP contribution in [0.2, 0.25) is 51.4 Å². The maximum atomic E-state index is 11.9. The van der Waals surface area contributed by atoms with E-state index < -0.39 is 25.2 Å². The van der Waals surface area contributed by atoms with Crippen LogP contribution in [0, 0.1) is 0 Å². The van der Waals surface area contributed by atoms with Crippen LogP contribution in [0.3, 0.4) is 0 Å². The summed E-state index contributed by atoms with van der Waals surface area (Å²) in [5.74, 6) is 0. The molecule has 0 aliphatic rings. The fourth-order valence-electron chi connectivity index (χ4n) is 6.95. The Balaban J connectivity index is 3.83. The first kappa shape index (κ1) is 54.0. The van der Waals surface area contributed by atoms with Gasteiger partial charge >= 0.3 is 20.7 Å². The molecule has 2 N–H and O–H groups in total. The molecular formula is C42H90N2O8Si3. The van der Waals surface area contributed by atoms with Gasteiger partial charge in [0.25, 0.3) is 0 Å². The SMILES string of the molecule is CCCCCCCCCCCCNC(=O)OCCOCCC[Si](C)(C)O[Si](C)(C)O[Si](C)(C)CCCOCCOC(=O)NCCCCCCCCCCCC. The number of hydrogen-bond donors (Lipinski definition) is 2. The van der Waals surface area contributed by atoms with Gasteiger partial charge in [-0.2, -0.15) is 0 Å². The van der Waals surface area contributed by atoms with Crippen molar-refractivity contribution in [3.63, 3.8) is 0 Å². The van der Waals surface area contributed by atoms with E-state index in [4.69, 9.17) is 27.2 Å². The Morgan fingerprint density at radius 3 is 1.04 bits per heavy atom. The van der Waals surface area contributed by atoms with Crippen molar-refractivity contribution in [3.8, 4) is 0 Å². The molecule has 0 fully saturated rings. The smallest absolute Gasteiger partial charge is 0.407 e. The molecule has 0 spiro atoms. The van der Waals surface area contributed by atoms with Gasteiger partial charge in [-0.3, -0.25) is 0 Å². The number of carbonyl (C=O) groups is 2. The van der Waals surface area contributed by atoms with Crippen molar-refractivity contribution >= 4 is 37.4 Å². The van der Waals surface area contributed by atoms with Crippen molar-refractivity contribution in [2.45, 2.75) is 206 Å². The van der Waals surface area contributed by atoms with Crippen LogP contribution in [-0.2, 0) is 27.2 Å². The van der Waals surface area contributed by atoms with Gasteiger partial charge in [0, 0.05) is 26.3 Å². The predicted octanol–water partition coefficient (Wildman–Crippen LogP) is 12.2. The molecule has 0 aliphatic carbocycles. The van der Waals surface area contributed by atoms with Crippen LogP contribution in [0.25, 0.3) is 0 Å². The fraction of sp³-hybridized carbons (Fsp3) is 0.952. The number of amides is 2. The highest BCUT2D eigenvalue weighted by Crippen LogP contribution is 2.26. The van der Waals surface area contributed by atoms with Crippen molar-refractivity contribution in [3.05, 3.63) is 0 Å². The lowest BCUT2D eigenvalue weighted by atomic mass is 10.1. The van der Waals surface area contributed by atoms with E-state index in [1.807, 2.05) is 0 Å². The van der Waals surface area contributed by atoms with E-state index in [1.165, 1.54) is 103 Å². The van der Waals surface area contributed by atoms with Crippen molar-refractivity contribution in [2.75, 3.05) is 52.7 Å². The third-order valence-electron chi connectivity index (χ3n) is 9.70. The van der Waals surface area contributed by atoms with Gasteiger partial charge in [-0.1, -0.05) is 129 Å². The number of carbonyl (C=O) groups excluding carboxylic acids is 2. The average Bonchev–Trinajstić information content (AvgIpc) is 3.11. The molecule has 0 bridgehead atoms. The number of rotatable bonds is 40. The van der Waals surface area contributed by atoms with E-state index in [0.29, 0.717) is 39.5 Å². The van der Waals surface area contributed by atoms with Crippen LogP contribution in [0.15, 0.2) is 0 Å². The summed E-state index contributed by atoms with van der Waals surface area (Å²) < 4.78 is 35.5. The zero-order chi connectivity index (χ0) is 40.9. The fourth-order valence-corrected chi connectivity index (χ4v) is 20.9. The summed E-state index contributed by atoms with van der Waals surface area (Å²) in [7, 11) is -6.18. The molecule has 0 heterocycles. The summed E-state index contributed by atoms with van der Waals surface area (Å²) in [6.07, 6.45) is 26.7. The molecule has 328 valence electrons. The molecule has 55 heavy (non-hydrogen) atoms. The Morgan fingerprint density at radius 1 is 0.400 bits per heavy atom. The molecule has 0 aromatic heterocycles. The molecule has 0 aromatic rings. The third kappa shape index (κ3) is 39.6. The second-order valence-corrected chi connectivity index (χ2v) is 29.5. The van der Waals surface area contributed by atoms with Crippen LogP contribution in [0.1, 0.15) is 155 Å². The first-order chi connectivity index (χ1) is 26.3. The summed E-state index contributed by atoms with van der Waals surface area (Å²) in [5.41, 5.74) is 0. The molecule has 0 rings (SSSR count). The predicted molar refractivity (Wildman–Crippen MR) is 237 cm³/mol. The second kappa shape index (κ2) is 36.1. The highest BCUT2D eigenvalue weighted by Gasteiger charge is 2.39. The minimum atomic E-state index is -2.31. The lowest BCUT2D eigenvalue weighted by Crippen LogP contribution is -2.52. The summed E-state index contributed by atoms with van der Waals surface area (Å²) in [4.78, 5) is 23.9. The highest BCUT2D eigenvalue weighted by atomic mass is 28.5. The Kier molecular flexibility index (Phi) is 35.5. The van der Waals surface area contributed by atoms with E-state index >= 15 is 0 Å². The van der Waals surface area contributed by atoms with Gasteiger partial charge in [0.2, 0.25) is 0 Å². The molecule has 0 unspecified atom stereocenters. The number of unbranched alkanes of at least 4 members (excludes halogenated alkanes) is 18. The zero-order valence-corrected chi connectivity index (χ0v) is 40.4. The standard InChI is InChI=1S/C42H90N2O8Si3/c1-9-11-13-15-17-19-21-23-25-27-31-43-41(45)49-37-35-47-33-29-39-53(3,4)51-55(7,8)52-54(5,6)40-30-34-48-36-38-50-42(46)44-32-28-26-24-22-20-18-16-14-12-10-2/h9-40H2,1-8H3,(H,43,45)(H,44,46). The van der Waals surface area contributed by atoms with Crippen LogP contribution >= 0.6 is 0 Å². The third-order valence-corrected chi connectivity index (χ3v) is 21.2. The topological polar surface area (TPSA) is 114 Å². The number of nitrogens with one attached hydrogen (secondary N) is 2. The monoisotopic (exact) mass is 835 g/mol. The van der Waals surface area contributed by atoms with Gasteiger partial charge in [-0.25, -0.2) is 9.59 Å². The van der Waals surface area contributed by atoms with Crippen molar-refractivity contribution in [1.29, 1.82) is 0 Å². The lowest BCUT2D eigenvalue weighted by molar-refractivity contribution is 0.0727. The van der Waals surface area contributed by atoms with Crippen molar-refractivity contribution in [1.82, 2.24) is 10.6 Å². The van der Waals surface area contributed by atoms with E-state index in [0.717, 1.165) is 50.6 Å². The quantitative estimate of drug-likeness (QED) is 0.0463. The van der Waals surface area contributed by atoms with Crippen LogP contribution < -0.4 is 10.6 Å². The Labute approximate surface area is 342 Å². The average molecular weight is 835 g/mol. The molecule has 0 saturated heterocycles. The van der Waals surface area contributed by atoms with E-state index in [2.05, 4.69) is 63.8 Å². The minimum absolute atomic E-state index is 0.268. The first-order valence-corrected chi connectivity index (χ1v) is 31.7. The molecule has 0 aliphatic heterocycles. The van der Waals surface area contributed by atoms with Crippen LogP contribution in [0.5, 0.6) is 0 Å². The van der Waals surface area contributed by atoms with Gasteiger partial charge in [0.05, 0.1) is 13.2 Å². The molecular weight excluding hydrogens is 745 g/mol. The van der Waals surface area contributed by atoms with E-state index in [1.54, 1.807) is 0 Å². The zero-order valence-electron chi connectivity index (χ0n) is 37.4. The van der Waals surface area contributed by atoms with Crippen molar-refractivity contribution in [2.24, 2.45) is 0 Å². The molecule has 2 amide bonds. The van der Waals surface area contributed by atoms with Gasteiger partial charge in [0.1, 0.15) is 13.2 Å². The summed E-state index contributed by atoms with van der Waals surface area (Å²) in [5, 5.41) is 5.70.